The lowest BCUT2D eigenvalue weighted by molar-refractivity contribution is -0.258. The summed E-state index contributed by atoms with van der Waals surface area (Å²) in [5.41, 5.74) is 0.501. The number of hydrogen-bond donors (Lipinski definition) is 1. The van der Waals surface area contributed by atoms with Crippen LogP contribution in [-0.4, -0.2) is 71.9 Å². The van der Waals surface area contributed by atoms with Crippen molar-refractivity contribution in [3.63, 3.8) is 0 Å². The summed E-state index contributed by atoms with van der Waals surface area (Å²) in [6, 6.07) is 5.25. The van der Waals surface area contributed by atoms with E-state index < -0.39 is 5.79 Å². The van der Waals surface area contributed by atoms with Gasteiger partial charge in [-0.25, -0.2) is 14.2 Å². The van der Waals surface area contributed by atoms with Crippen LogP contribution >= 0.6 is 11.3 Å². The third kappa shape index (κ3) is 4.55. The number of rotatable bonds is 2. The molecule has 0 aliphatic carbocycles. The van der Waals surface area contributed by atoms with E-state index in [1.54, 1.807) is 21.4 Å². The van der Waals surface area contributed by atoms with Crippen LogP contribution in [-0.2, 0) is 9.47 Å². The number of ether oxygens (including phenoxy) is 2. The zero-order valence-electron chi connectivity index (χ0n) is 15.7. The van der Waals surface area contributed by atoms with Crippen molar-refractivity contribution >= 4 is 29.0 Å². The molecule has 154 valence electrons. The van der Waals surface area contributed by atoms with Gasteiger partial charge in [0.2, 0.25) is 5.79 Å². The second-order valence-electron chi connectivity index (χ2n) is 6.88. The molecule has 0 radical (unpaired) electrons. The van der Waals surface area contributed by atoms with Crippen LogP contribution in [0.4, 0.5) is 14.9 Å². The van der Waals surface area contributed by atoms with E-state index in [9.17, 15) is 14.0 Å². The second-order valence-corrected chi connectivity index (χ2v) is 7.78. The Hall–Kier alpha value is -2.56. The number of urea groups is 1. The fourth-order valence-electron chi connectivity index (χ4n) is 3.42. The molecule has 1 N–H and O–H groups in total. The van der Waals surface area contributed by atoms with Gasteiger partial charge in [0.1, 0.15) is 5.82 Å². The van der Waals surface area contributed by atoms with E-state index in [1.165, 1.54) is 35.6 Å². The minimum atomic E-state index is -1.08. The van der Waals surface area contributed by atoms with Crippen molar-refractivity contribution in [1.82, 2.24) is 14.8 Å². The van der Waals surface area contributed by atoms with Crippen molar-refractivity contribution in [2.45, 2.75) is 12.2 Å². The molecule has 1 aromatic carbocycles. The Balaban J connectivity index is 1.46. The van der Waals surface area contributed by atoms with Crippen LogP contribution in [0.5, 0.6) is 0 Å². The first-order valence-corrected chi connectivity index (χ1v) is 10.2. The molecule has 3 heterocycles. The summed E-state index contributed by atoms with van der Waals surface area (Å²) in [6.45, 7) is 2.04. The van der Waals surface area contributed by atoms with Crippen molar-refractivity contribution in [3.05, 3.63) is 46.7 Å². The minimum absolute atomic E-state index is 0.169. The predicted octanol–water partition coefficient (Wildman–Crippen LogP) is 2.41. The highest BCUT2D eigenvalue weighted by molar-refractivity contribution is 7.11. The smallest absolute Gasteiger partial charge is 0.322 e. The van der Waals surface area contributed by atoms with Crippen molar-refractivity contribution in [2.24, 2.45) is 0 Å². The third-order valence-corrected chi connectivity index (χ3v) is 5.57. The summed E-state index contributed by atoms with van der Waals surface area (Å²) in [4.78, 5) is 32.8. The molecule has 29 heavy (non-hydrogen) atoms. The summed E-state index contributed by atoms with van der Waals surface area (Å²) < 4.78 is 25.0. The quantitative estimate of drug-likeness (QED) is 0.807. The maximum atomic E-state index is 13.1. The van der Waals surface area contributed by atoms with E-state index in [1.807, 2.05) is 0 Å². The van der Waals surface area contributed by atoms with Crippen LogP contribution in [0, 0.1) is 5.82 Å². The van der Waals surface area contributed by atoms with Crippen LogP contribution in [0.15, 0.2) is 35.8 Å². The van der Waals surface area contributed by atoms with Gasteiger partial charge in [-0.15, -0.1) is 11.3 Å². The Morgan fingerprint density at radius 3 is 2.62 bits per heavy atom. The number of nitrogens with one attached hydrogen (secondary N) is 1. The standard InChI is InChI=1S/C19H21FN4O4S/c20-14-2-4-15(5-3-14)22-18(26)24-7-1-9-27-19(13-24)12-23(8-10-28-19)17(25)16-21-6-11-29-16/h2-6,11H,1,7-10,12-13H2,(H,22,26). The Bertz CT molecular complexity index is 864. The van der Waals surface area contributed by atoms with E-state index in [4.69, 9.17) is 9.47 Å². The molecule has 1 spiro atoms. The van der Waals surface area contributed by atoms with Crippen LogP contribution in [0.1, 0.15) is 16.2 Å². The number of morpholine rings is 1. The summed E-state index contributed by atoms with van der Waals surface area (Å²) in [5.74, 6) is -1.62. The van der Waals surface area contributed by atoms with Crippen LogP contribution in [0.25, 0.3) is 0 Å². The molecule has 0 saturated carbocycles. The van der Waals surface area contributed by atoms with Crippen LogP contribution < -0.4 is 5.32 Å². The average Bonchev–Trinajstić information content (AvgIpc) is 3.19. The summed E-state index contributed by atoms with van der Waals surface area (Å²) >= 11 is 1.29. The molecule has 8 nitrogen and oxygen atoms in total. The van der Waals surface area contributed by atoms with Gasteiger partial charge in [0.25, 0.3) is 5.91 Å². The number of aromatic nitrogens is 1. The summed E-state index contributed by atoms with van der Waals surface area (Å²) in [6.07, 6.45) is 2.24. The van der Waals surface area contributed by atoms with Gasteiger partial charge < -0.3 is 24.6 Å². The van der Waals surface area contributed by atoms with Gasteiger partial charge in [-0.2, -0.15) is 0 Å². The Morgan fingerprint density at radius 1 is 1.10 bits per heavy atom. The van der Waals surface area contributed by atoms with Gasteiger partial charge in [-0.3, -0.25) is 4.79 Å². The van der Waals surface area contributed by atoms with E-state index in [0.717, 1.165) is 0 Å². The lowest BCUT2D eigenvalue weighted by atomic mass is 10.2. The van der Waals surface area contributed by atoms with E-state index >= 15 is 0 Å². The molecule has 3 amide bonds. The molecule has 2 fully saturated rings. The van der Waals surface area contributed by atoms with Gasteiger partial charge in [-0.05, 0) is 30.7 Å². The highest BCUT2D eigenvalue weighted by Crippen LogP contribution is 2.26. The second kappa shape index (κ2) is 8.44. The number of carbonyl (C=O) groups is 2. The van der Waals surface area contributed by atoms with E-state index in [0.29, 0.717) is 43.4 Å². The molecular formula is C19H21FN4O4S. The lowest BCUT2D eigenvalue weighted by Crippen LogP contribution is -2.60. The van der Waals surface area contributed by atoms with Crippen molar-refractivity contribution in [3.8, 4) is 0 Å². The number of carbonyl (C=O) groups excluding carboxylic acids is 2. The molecule has 1 aromatic heterocycles. The fourth-order valence-corrected chi connectivity index (χ4v) is 4.02. The van der Waals surface area contributed by atoms with E-state index in [2.05, 4.69) is 10.3 Å². The monoisotopic (exact) mass is 420 g/mol. The lowest BCUT2D eigenvalue weighted by Gasteiger charge is -2.42. The first-order valence-electron chi connectivity index (χ1n) is 9.33. The third-order valence-electron chi connectivity index (χ3n) is 4.81. The number of halogens is 1. The van der Waals surface area contributed by atoms with Gasteiger partial charge in [0.15, 0.2) is 5.01 Å². The van der Waals surface area contributed by atoms with Gasteiger partial charge >= 0.3 is 6.03 Å². The molecule has 0 bridgehead atoms. The summed E-state index contributed by atoms with van der Waals surface area (Å²) in [7, 11) is 0. The molecule has 10 heteroatoms. The zero-order chi connectivity index (χ0) is 20.3. The Labute approximate surface area is 171 Å². The average molecular weight is 420 g/mol. The zero-order valence-corrected chi connectivity index (χ0v) is 16.5. The van der Waals surface area contributed by atoms with Gasteiger partial charge in [-0.1, -0.05) is 0 Å². The van der Waals surface area contributed by atoms with Crippen molar-refractivity contribution in [2.75, 3.05) is 44.7 Å². The highest BCUT2D eigenvalue weighted by atomic mass is 32.1. The maximum Gasteiger partial charge on any atom is 0.322 e. The molecule has 2 aliphatic heterocycles. The van der Waals surface area contributed by atoms with E-state index in [-0.39, 0.29) is 30.8 Å². The molecule has 1 unspecified atom stereocenters. The van der Waals surface area contributed by atoms with Gasteiger partial charge in [0, 0.05) is 30.4 Å². The normalized spacial score (nSPS) is 22.4. The number of amides is 3. The maximum absolute atomic E-state index is 13.1. The minimum Gasteiger partial charge on any atom is -0.347 e. The number of anilines is 1. The van der Waals surface area contributed by atoms with Gasteiger partial charge in [0.05, 0.1) is 26.3 Å². The first kappa shape index (κ1) is 19.7. The number of benzene rings is 1. The molecule has 2 saturated heterocycles. The Morgan fingerprint density at radius 2 is 1.86 bits per heavy atom. The molecule has 2 aliphatic rings. The van der Waals surface area contributed by atoms with Crippen LogP contribution in [0.3, 0.4) is 0 Å². The Kier molecular flexibility index (Phi) is 5.74. The molecule has 4 rings (SSSR count). The van der Waals surface area contributed by atoms with Crippen molar-refractivity contribution in [1.29, 1.82) is 0 Å². The van der Waals surface area contributed by atoms with Crippen LogP contribution in [0.2, 0.25) is 0 Å². The number of hydrogen-bond acceptors (Lipinski definition) is 6. The number of thiazole rings is 1. The highest BCUT2D eigenvalue weighted by Gasteiger charge is 2.43. The predicted molar refractivity (Wildman–Crippen MR) is 104 cm³/mol. The number of nitrogens with zero attached hydrogens (tertiary/aromatic N) is 3. The molecule has 2 aromatic rings. The largest absolute Gasteiger partial charge is 0.347 e. The topological polar surface area (TPSA) is 84.0 Å². The SMILES string of the molecule is O=C(Nc1ccc(F)cc1)N1CCCOC2(C1)CN(C(=O)c1nccs1)CCO2. The molecular weight excluding hydrogens is 399 g/mol. The summed E-state index contributed by atoms with van der Waals surface area (Å²) in [5, 5.41) is 4.94. The van der Waals surface area contributed by atoms with Crippen molar-refractivity contribution < 1.29 is 23.5 Å². The molecule has 1 atom stereocenters. The first-order chi connectivity index (χ1) is 14.0. The fraction of sp³-hybridized carbons (Fsp3) is 0.421.